The smallest absolute Gasteiger partial charge is 0.246 e. The van der Waals surface area contributed by atoms with Gasteiger partial charge in [-0.25, -0.2) is 0 Å². The molecule has 126 valence electrons. The molecule has 0 radical (unpaired) electrons. The molecule has 5 nitrogen and oxygen atoms in total. The van der Waals surface area contributed by atoms with Gasteiger partial charge in [0.15, 0.2) is 11.5 Å². The summed E-state index contributed by atoms with van der Waals surface area (Å²) in [6.07, 6.45) is 2.02. The molecule has 0 saturated heterocycles. The van der Waals surface area contributed by atoms with Crippen molar-refractivity contribution in [1.29, 1.82) is 0 Å². The maximum atomic E-state index is 12.4. The van der Waals surface area contributed by atoms with E-state index in [0.29, 0.717) is 30.4 Å². The Morgan fingerprint density at radius 1 is 1.08 bits per heavy atom. The third-order valence-corrected chi connectivity index (χ3v) is 4.38. The van der Waals surface area contributed by atoms with Crippen LogP contribution >= 0.6 is 11.8 Å². The van der Waals surface area contributed by atoms with Crippen molar-refractivity contribution in [3.8, 4) is 11.5 Å². The van der Waals surface area contributed by atoms with Gasteiger partial charge in [-0.3, -0.25) is 4.79 Å². The second-order valence-corrected chi connectivity index (χ2v) is 6.33. The molecule has 1 aliphatic rings. The van der Waals surface area contributed by atoms with Crippen LogP contribution < -0.4 is 20.1 Å². The molecule has 0 unspecified atom stereocenters. The van der Waals surface area contributed by atoms with Crippen LogP contribution in [0.1, 0.15) is 6.92 Å². The van der Waals surface area contributed by atoms with Gasteiger partial charge in [0.1, 0.15) is 19.3 Å². The van der Waals surface area contributed by atoms with E-state index in [1.807, 2.05) is 49.6 Å². The third-order valence-electron chi connectivity index (χ3n) is 3.66. The van der Waals surface area contributed by atoms with Crippen molar-refractivity contribution in [3.05, 3.63) is 42.5 Å². The van der Waals surface area contributed by atoms with E-state index in [0.717, 1.165) is 10.6 Å². The molecule has 1 heterocycles. The number of nitrogens with one attached hydrogen (secondary N) is 2. The lowest BCUT2D eigenvalue weighted by Gasteiger charge is -2.20. The molecule has 2 aromatic carbocycles. The number of fused-ring (bicyclic) bond motifs is 1. The predicted molar refractivity (Wildman–Crippen MR) is 97.4 cm³/mol. The lowest BCUT2D eigenvalue weighted by Crippen LogP contribution is -2.31. The van der Waals surface area contributed by atoms with Gasteiger partial charge in [0.05, 0.1) is 0 Å². The highest BCUT2D eigenvalue weighted by Crippen LogP contribution is 2.32. The van der Waals surface area contributed by atoms with Gasteiger partial charge in [-0.15, -0.1) is 11.8 Å². The molecule has 2 N–H and O–H groups in total. The standard InChI is InChI=1S/C18H20N2O3S/c1-12(19-13-4-3-5-15(10-13)24-2)18(21)20-14-6-7-16-17(11-14)23-9-8-22-16/h3-7,10-12,19H,8-9H2,1-2H3,(H,20,21)/t12-/m1/s1. The minimum atomic E-state index is -0.365. The minimum absolute atomic E-state index is 0.110. The van der Waals surface area contributed by atoms with Crippen LogP contribution in [0.5, 0.6) is 11.5 Å². The largest absolute Gasteiger partial charge is 0.486 e. The molecule has 6 heteroatoms. The van der Waals surface area contributed by atoms with Crippen molar-refractivity contribution in [2.45, 2.75) is 17.9 Å². The summed E-state index contributed by atoms with van der Waals surface area (Å²) in [5.41, 5.74) is 1.61. The molecule has 0 saturated carbocycles. The highest BCUT2D eigenvalue weighted by molar-refractivity contribution is 7.98. The van der Waals surface area contributed by atoms with Crippen molar-refractivity contribution >= 4 is 29.0 Å². The number of rotatable bonds is 5. The number of amides is 1. The highest BCUT2D eigenvalue weighted by Gasteiger charge is 2.16. The van der Waals surface area contributed by atoms with E-state index in [2.05, 4.69) is 10.6 Å². The number of anilines is 2. The fourth-order valence-electron chi connectivity index (χ4n) is 2.40. The topological polar surface area (TPSA) is 59.6 Å². The van der Waals surface area contributed by atoms with Gasteiger partial charge in [-0.1, -0.05) is 6.07 Å². The second-order valence-electron chi connectivity index (χ2n) is 5.45. The van der Waals surface area contributed by atoms with E-state index < -0.39 is 0 Å². The normalized spacial score (nSPS) is 13.9. The Morgan fingerprint density at radius 3 is 2.67 bits per heavy atom. The van der Waals surface area contributed by atoms with E-state index in [1.165, 1.54) is 0 Å². The van der Waals surface area contributed by atoms with Crippen LogP contribution in [0.25, 0.3) is 0 Å². The first kappa shape index (κ1) is 16.5. The van der Waals surface area contributed by atoms with E-state index in [1.54, 1.807) is 17.8 Å². The monoisotopic (exact) mass is 344 g/mol. The molecule has 1 atom stereocenters. The van der Waals surface area contributed by atoms with Gasteiger partial charge in [-0.05, 0) is 43.5 Å². The molecule has 0 spiro atoms. The Bertz CT molecular complexity index is 736. The average molecular weight is 344 g/mol. The number of thioether (sulfide) groups is 1. The lowest BCUT2D eigenvalue weighted by atomic mass is 10.2. The van der Waals surface area contributed by atoms with Crippen LogP contribution in [0, 0.1) is 0 Å². The van der Waals surface area contributed by atoms with Gasteiger partial charge >= 0.3 is 0 Å². The first-order valence-electron chi connectivity index (χ1n) is 7.77. The molecule has 2 aromatic rings. The van der Waals surface area contributed by atoms with Crippen LogP contribution in [-0.2, 0) is 4.79 Å². The Morgan fingerprint density at radius 2 is 1.88 bits per heavy atom. The Labute approximate surface area is 145 Å². The van der Waals surface area contributed by atoms with Crippen LogP contribution in [0.2, 0.25) is 0 Å². The number of hydrogen-bond acceptors (Lipinski definition) is 5. The third kappa shape index (κ3) is 3.94. The fraction of sp³-hybridized carbons (Fsp3) is 0.278. The number of carbonyl (C=O) groups excluding carboxylic acids is 1. The molecule has 0 bridgehead atoms. The number of carbonyl (C=O) groups is 1. The zero-order valence-electron chi connectivity index (χ0n) is 13.7. The molecule has 0 fully saturated rings. The van der Waals surface area contributed by atoms with Crippen LogP contribution in [0.4, 0.5) is 11.4 Å². The van der Waals surface area contributed by atoms with Gasteiger partial charge in [0.25, 0.3) is 0 Å². The van der Waals surface area contributed by atoms with E-state index in [9.17, 15) is 4.79 Å². The molecular formula is C18H20N2O3S. The van der Waals surface area contributed by atoms with E-state index in [4.69, 9.17) is 9.47 Å². The van der Waals surface area contributed by atoms with Crippen molar-refractivity contribution < 1.29 is 14.3 Å². The molecule has 1 aliphatic heterocycles. The van der Waals surface area contributed by atoms with Gasteiger partial charge in [-0.2, -0.15) is 0 Å². The van der Waals surface area contributed by atoms with E-state index >= 15 is 0 Å². The van der Waals surface area contributed by atoms with Gasteiger partial charge in [0, 0.05) is 22.3 Å². The van der Waals surface area contributed by atoms with Crippen LogP contribution in [0.3, 0.4) is 0 Å². The maximum Gasteiger partial charge on any atom is 0.246 e. The summed E-state index contributed by atoms with van der Waals surface area (Å²) >= 11 is 1.67. The lowest BCUT2D eigenvalue weighted by molar-refractivity contribution is -0.116. The molecule has 3 rings (SSSR count). The molecule has 0 aliphatic carbocycles. The zero-order valence-corrected chi connectivity index (χ0v) is 14.5. The number of ether oxygens (including phenoxy) is 2. The van der Waals surface area contributed by atoms with Crippen LogP contribution in [0.15, 0.2) is 47.4 Å². The van der Waals surface area contributed by atoms with E-state index in [-0.39, 0.29) is 11.9 Å². The fourth-order valence-corrected chi connectivity index (χ4v) is 2.86. The molecule has 24 heavy (non-hydrogen) atoms. The summed E-state index contributed by atoms with van der Waals surface area (Å²) in [7, 11) is 0. The van der Waals surface area contributed by atoms with Gasteiger partial charge < -0.3 is 20.1 Å². The zero-order chi connectivity index (χ0) is 16.9. The minimum Gasteiger partial charge on any atom is -0.486 e. The highest BCUT2D eigenvalue weighted by atomic mass is 32.2. The summed E-state index contributed by atoms with van der Waals surface area (Å²) in [4.78, 5) is 13.5. The number of hydrogen-bond donors (Lipinski definition) is 2. The maximum absolute atomic E-state index is 12.4. The SMILES string of the molecule is CSc1cccc(N[C@H](C)C(=O)Nc2ccc3c(c2)OCCO3)c1. The van der Waals surface area contributed by atoms with Gasteiger partial charge in [0.2, 0.25) is 5.91 Å². The molecule has 0 aromatic heterocycles. The first-order valence-corrected chi connectivity index (χ1v) is 8.99. The Kier molecular flexibility index (Phi) is 5.15. The Balaban J connectivity index is 1.63. The summed E-state index contributed by atoms with van der Waals surface area (Å²) in [5, 5.41) is 6.12. The Hall–Kier alpha value is -2.34. The van der Waals surface area contributed by atoms with Crippen molar-refractivity contribution in [3.63, 3.8) is 0 Å². The van der Waals surface area contributed by atoms with Crippen molar-refractivity contribution in [2.24, 2.45) is 0 Å². The second kappa shape index (κ2) is 7.49. The van der Waals surface area contributed by atoms with Crippen molar-refractivity contribution in [1.82, 2.24) is 0 Å². The average Bonchev–Trinajstić information content (AvgIpc) is 2.61. The summed E-state index contributed by atoms with van der Waals surface area (Å²) in [6.45, 7) is 2.90. The summed E-state index contributed by atoms with van der Waals surface area (Å²) in [6, 6.07) is 13.0. The quantitative estimate of drug-likeness (QED) is 0.811. The van der Waals surface area contributed by atoms with Crippen molar-refractivity contribution in [2.75, 3.05) is 30.1 Å². The first-order chi connectivity index (χ1) is 11.7. The molecule has 1 amide bonds. The predicted octanol–water partition coefficient (Wildman–Crippen LogP) is 3.62. The summed E-state index contributed by atoms with van der Waals surface area (Å²) in [5.74, 6) is 1.26. The number of benzene rings is 2. The summed E-state index contributed by atoms with van der Waals surface area (Å²) < 4.78 is 11.0. The molecular weight excluding hydrogens is 324 g/mol. The van der Waals surface area contributed by atoms with Crippen LogP contribution in [-0.4, -0.2) is 31.4 Å².